The summed E-state index contributed by atoms with van der Waals surface area (Å²) in [7, 11) is 0. The predicted molar refractivity (Wildman–Crippen MR) is 55.4 cm³/mol. The summed E-state index contributed by atoms with van der Waals surface area (Å²) in [5, 5.41) is 3.09. The summed E-state index contributed by atoms with van der Waals surface area (Å²) in [6.45, 7) is 2.15. The number of hydrogen-bond acceptors (Lipinski definition) is 2. The van der Waals surface area contributed by atoms with Gasteiger partial charge in [0, 0.05) is 6.54 Å². The molecule has 90 valence electrons. The molecule has 1 N–H and O–H groups in total. The smallest absolute Gasteiger partial charge is 0.422 e. The topological polar surface area (TPSA) is 21.3 Å². The summed E-state index contributed by atoms with van der Waals surface area (Å²) in [6.07, 6.45) is -4.29. The molecule has 2 nitrogen and oxygen atoms in total. The van der Waals surface area contributed by atoms with Crippen LogP contribution >= 0.6 is 0 Å². The van der Waals surface area contributed by atoms with Gasteiger partial charge < -0.3 is 10.1 Å². The van der Waals surface area contributed by atoms with Crippen molar-refractivity contribution < 1.29 is 17.9 Å². The van der Waals surface area contributed by atoms with E-state index in [1.54, 1.807) is 12.1 Å². The molecule has 0 aliphatic heterocycles. The van der Waals surface area contributed by atoms with Crippen LogP contribution in [0.2, 0.25) is 0 Å². The molecule has 0 saturated carbocycles. The Kier molecular flexibility index (Phi) is 4.61. The van der Waals surface area contributed by atoms with Crippen molar-refractivity contribution in [3.63, 3.8) is 0 Å². The zero-order valence-corrected chi connectivity index (χ0v) is 8.97. The Morgan fingerprint density at radius 1 is 1.31 bits per heavy atom. The number of rotatable bonds is 5. The molecular formula is C11H14F3NO. The average molecular weight is 233 g/mol. The third-order valence-electron chi connectivity index (χ3n) is 1.88. The maximum absolute atomic E-state index is 11.9. The zero-order valence-electron chi connectivity index (χ0n) is 8.97. The van der Waals surface area contributed by atoms with Gasteiger partial charge in [-0.15, -0.1) is 0 Å². The molecule has 5 heteroatoms. The third-order valence-corrected chi connectivity index (χ3v) is 1.88. The van der Waals surface area contributed by atoms with Crippen molar-refractivity contribution in [2.24, 2.45) is 0 Å². The van der Waals surface area contributed by atoms with E-state index in [1.165, 1.54) is 6.07 Å². The molecule has 0 unspecified atom stereocenters. The summed E-state index contributed by atoms with van der Waals surface area (Å²) in [5.74, 6) is 0.243. The SMILES string of the molecule is CCNCc1cccc(OCC(F)(F)F)c1. The van der Waals surface area contributed by atoms with Gasteiger partial charge in [-0.2, -0.15) is 13.2 Å². The molecule has 0 bridgehead atoms. The quantitative estimate of drug-likeness (QED) is 0.844. The number of nitrogens with one attached hydrogen (secondary N) is 1. The molecule has 0 radical (unpaired) electrons. The Morgan fingerprint density at radius 3 is 2.69 bits per heavy atom. The Morgan fingerprint density at radius 2 is 2.06 bits per heavy atom. The minimum atomic E-state index is -4.29. The number of alkyl halides is 3. The van der Waals surface area contributed by atoms with Crippen molar-refractivity contribution in [3.8, 4) is 5.75 Å². The molecule has 0 aliphatic carbocycles. The molecule has 0 spiro atoms. The first-order chi connectivity index (χ1) is 7.51. The third kappa shape index (κ3) is 5.02. The highest BCUT2D eigenvalue weighted by Gasteiger charge is 2.28. The molecule has 0 aliphatic rings. The first kappa shape index (κ1) is 12.8. The van der Waals surface area contributed by atoms with Crippen LogP contribution in [0.5, 0.6) is 5.75 Å². The van der Waals surface area contributed by atoms with Crippen LogP contribution in [-0.2, 0) is 6.54 Å². The first-order valence-corrected chi connectivity index (χ1v) is 5.00. The number of hydrogen-bond donors (Lipinski definition) is 1. The monoisotopic (exact) mass is 233 g/mol. The fourth-order valence-electron chi connectivity index (χ4n) is 1.18. The van der Waals surface area contributed by atoms with Gasteiger partial charge in [0.1, 0.15) is 5.75 Å². The molecule has 0 heterocycles. The van der Waals surface area contributed by atoms with Gasteiger partial charge in [0.25, 0.3) is 0 Å². The number of halogens is 3. The molecular weight excluding hydrogens is 219 g/mol. The van der Waals surface area contributed by atoms with Crippen LogP contribution in [0.3, 0.4) is 0 Å². The van der Waals surface area contributed by atoms with Gasteiger partial charge in [0.05, 0.1) is 0 Å². The molecule has 0 aromatic heterocycles. The van der Waals surface area contributed by atoms with Crippen molar-refractivity contribution in [3.05, 3.63) is 29.8 Å². The van der Waals surface area contributed by atoms with E-state index in [0.717, 1.165) is 12.1 Å². The van der Waals surface area contributed by atoms with E-state index in [0.29, 0.717) is 6.54 Å². The van der Waals surface area contributed by atoms with Crippen LogP contribution in [0.15, 0.2) is 24.3 Å². The predicted octanol–water partition coefficient (Wildman–Crippen LogP) is 2.74. The van der Waals surface area contributed by atoms with E-state index >= 15 is 0 Å². The van der Waals surface area contributed by atoms with E-state index in [1.807, 2.05) is 13.0 Å². The highest BCUT2D eigenvalue weighted by molar-refractivity contribution is 5.28. The molecule has 0 atom stereocenters. The standard InChI is InChI=1S/C11H14F3NO/c1-2-15-7-9-4-3-5-10(6-9)16-8-11(12,13)14/h3-6,15H,2,7-8H2,1H3. The summed E-state index contributed by atoms with van der Waals surface area (Å²) >= 11 is 0. The first-order valence-electron chi connectivity index (χ1n) is 5.00. The lowest BCUT2D eigenvalue weighted by atomic mass is 10.2. The van der Waals surface area contributed by atoms with Gasteiger partial charge in [0.2, 0.25) is 0 Å². The Labute approximate surface area is 92.4 Å². The number of ether oxygens (including phenoxy) is 1. The molecule has 1 aromatic carbocycles. The largest absolute Gasteiger partial charge is 0.484 e. The average Bonchev–Trinajstić information content (AvgIpc) is 2.23. The summed E-state index contributed by atoms with van der Waals surface area (Å²) in [4.78, 5) is 0. The van der Waals surface area contributed by atoms with Crippen molar-refractivity contribution in [2.75, 3.05) is 13.2 Å². The van der Waals surface area contributed by atoms with E-state index in [-0.39, 0.29) is 5.75 Å². The van der Waals surface area contributed by atoms with Gasteiger partial charge in [-0.05, 0) is 24.2 Å². The van der Waals surface area contributed by atoms with E-state index in [4.69, 9.17) is 0 Å². The van der Waals surface area contributed by atoms with E-state index in [2.05, 4.69) is 10.1 Å². The van der Waals surface area contributed by atoms with Crippen molar-refractivity contribution in [1.29, 1.82) is 0 Å². The second kappa shape index (κ2) is 5.75. The molecule has 16 heavy (non-hydrogen) atoms. The lowest BCUT2D eigenvalue weighted by molar-refractivity contribution is -0.153. The van der Waals surface area contributed by atoms with Crippen LogP contribution in [-0.4, -0.2) is 19.3 Å². The van der Waals surface area contributed by atoms with Gasteiger partial charge in [0.15, 0.2) is 6.61 Å². The lowest BCUT2D eigenvalue weighted by Gasteiger charge is -2.10. The highest BCUT2D eigenvalue weighted by Crippen LogP contribution is 2.19. The van der Waals surface area contributed by atoms with E-state index in [9.17, 15) is 13.2 Å². The fraction of sp³-hybridized carbons (Fsp3) is 0.455. The minimum absolute atomic E-state index is 0.243. The van der Waals surface area contributed by atoms with Crippen molar-refractivity contribution in [1.82, 2.24) is 5.32 Å². The second-order valence-corrected chi connectivity index (χ2v) is 3.33. The Bertz CT molecular complexity index is 325. The van der Waals surface area contributed by atoms with Crippen LogP contribution in [0.4, 0.5) is 13.2 Å². The van der Waals surface area contributed by atoms with Crippen LogP contribution in [0.25, 0.3) is 0 Å². The molecule has 0 fully saturated rings. The van der Waals surface area contributed by atoms with Gasteiger partial charge in [-0.1, -0.05) is 19.1 Å². The second-order valence-electron chi connectivity index (χ2n) is 3.33. The normalized spacial score (nSPS) is 11.5. The molecule has 1 aromatic rings. The summed E-state index contributed by atoms with van der Waals surface area (Å²) in [5.41, 5.74) is 0.904. The van der Waals surface area contributed by atoms with Gasteiger partial charge in [-0.3, -0.25) is 0 Å². The van der Waals surface area contributed by atoms with E-state index < -0.39 is 12.8 Å². The highest BCUT2D eigenvalue weighted by atomic mass is 19.4. The van der Waals surface area contributed by atoms with Crippen LogP contribution in [0, 0.1) is 0 Å². The van der Waals surface area contributed by atoms with Gasteiger partial charge >= 0.3 is 6.18 Å². The Balaban J connectivity index is 2.53. The van der Waals surface area contributed by atoms with Crippen LogP contribution < -0.4 is 10.1 Å². The molecule has 0 amide bonds. The van der Waals surface area contributed by atoms with Gasteiger partial charge in [-0.25, -0.2) is 0 Å². The minimum Gasteiger partial charge on any atom is -0.484 e. The zero-order chi connectivity index (χ0) is 12.0. The fourth-order valence-corrected chi connectivity index (χ4v) is 1.18. The lowest BCUT2D eigenvalue weighted by Crippen LogP contribution is -2.19. The summed E-state index contributed by atoms with van der Waals surface area (Å²) < 4.78 is 40.4. The summed E-state index contributed by atoms with van der Waals surface area (Å²) in [6, 6.07) is 6.64. The molecule has 1 rings (SSSR count). The molecule has 0 saturated heterocycles. The van der Waals surface area contributed by atoms with Crippen LogP contribution in [0.1, 0.15) is 12.5 Å². The van der Waals surface area contributed by atoms with Crippen molar-refractivity contribution >= 4 is 0 Å². The maximum atomic E-state index is 11.9. The maximum Gasteiger partial charge on any atom is 0.422 e. The Hall–Kier alpha value is -1.23. The number of benzene rings is 1. The van der Waals surface area contributed by atoms with Crippen molar-refractivity contribution in [2.45, 2.75) is 19.6 Å².